The Labute approximate surface area is 80.7 Å². The van der Waals surface area contributed by atoms with E-state index in [1.54, 1.807) is 6.07 Å². The van der Waals surface area contributed by atoms with Crippen molar-refractivity contribution in [1.29, 1.82) is 0 Å². The third kappa shape index (κ3) is 2.35. The SMILES string of the molecule is CCSc1nc(C(N)=O)ccc1N. The van der Waals surface area contributed by atoms with Gasteiger partial charge in [-0.3, -0.25) is 4.79 Å². The third-order valence-corrected chi connectivity index (χ3v) is 2.31. The van der Waals surface area contributed by atoms with Gasteiger partial charge >= 0.3 is 0 Å². The van der Waals surface area contributed by atoms with E-state index in [4.69, 9.17) is 11.5 Å². The third-order valence-electron chi connectivity index (χ3n) is 1.42. The molecule has 5 heteroatoms. The Bertz CT molecular complexity index is 327. The van der Waals surface area contributed by atoms with Crippen molar-refractivity contribution in [2.75, 3.05) is 11.5 Å². The van der Waals surface area contributed by atoms with E-state index in [1.807, 2.05) is 6.92 Å². The normalized spacial score (nSPS) is 9.92. The number of primary amides is 1. The van der Waals surface area contributed by atoms with Crippen molar-refractivity contribution in [3.05, 3.63) is 17.8 Å². The second kappa shape index (κ2) is 4.13. The molecule has 4 N–H and O–H groups in total. The number of thioether (sulfide) groups is 1. The van der Waals surface area contributed by atoms with Crippen LogP contribution in [0.3, 0.4) is 0 Å². The summed E-state index contributed by atoms with van der Waals surface area (Å²) in [6, 6.07) is 3.17. The molecule has 0 saturated heterocycles. The molecule has 0 aliphatic heterocycles. The maximum absolute atomic E-state index is 10.8. The van der Waals surface area contributed by atoms with Crippen molar-refractivity contribution in [2.45, 2.75) is 11.9 Å². The van der Waals surface area contributed by atoms with Gasteiger partial charge in [-0.25, -0.2) is 4.98 Å². The molecule has 1 aromatic rings. The Morgan fingerprint density at radius 2 is 2.31 bits per heavy atom. The molecule has 1 heterocycles. The molecule has 0 aliphatic carbocycles. The van der Waals surface area contributed by atoms with Gasteiger partial charge in [0.2, 0.25) is 0 Å². The number of anilines is 1. The summed E-state index contributed by atoms with van der Waals surface area (Å²) in [7, 11) is 0. The highest BCUT2D eigenvalue weighted by Crippen LogP contribution is 2.22. The van der Waals surface area contributed by atoms with Gasteiger partial charge in [-0.15, -0.1) is 11.8 Å². The minimum atomic E-state index is -0.530. The first-order valence-electron chi connectivity index (χ1n) is 3.84. The molecule has 4 nitrogen and oxygen atoms in total. The molecule has 1 aromatic heterocycles. The van der Waals surface area contributed by atoms with Crippen LogP contribution in [0.25, 0.3) is 0 Å². The zero-order valence-corrected chi connectivity index (χ0v) is 8.10. The predicted molar refractivity (Wildman–Crippen MR) is 53.6 cm³/mol. The van der Waals surface area contributed by atoms with Crippen molar-refractivity contribution in [1.82, 2.24) is 4.98 Å². The van der Waals surface area contributed by atoms with Gasteiger partial charge in [-0.2, -0.15) is 0 Å². The fraction of sp³-hybridized carbons (Fsp3) is 0.250. The Balaban J connectivity index is 3.03. The van der Waals surface area contributed by atoms with Gasteiger partial charge in [-0.1, -0.05) is 6.92 Å². The molecule has 0 aliphatic rings. The largest absolute Gasteiger partial charge is 0.397 e. The van der Waals surface area contributed by atoms with Crippen LogP contribution in [0.2, 0.25) is 0 Å². The van der Waals surface area contributed by atoms with Gasteiger partial charge in [0, 0.05) is 0 Å². The summed E-state index contributed by atoms with van der Waals surface area (Å²) < 4.78 is 0. The van der Waals surface area contributed by atoms with Gasteiger partial charge in [-0.05, 0) is 17.9 Å². The molecule has 0 atom stereocenters. The lowest BCUT2D eigenvalue weighted by molar-refractivity contribution is 0.0995. The number of aromatic nitrogens is 1. The number of pyridine rings is 1. The van der Waals surface area contributed by atoms with E-state index in [-0.39, 0.29) is 5.69 Å². The number of nitrogens with two attached hydrogens (primary N) is 2. The lowest BCUT2D eigenvalue weighted by Gasteiger charge is -2.03. The first-order chi connectivity index (χ1) is 6.15. The molecule has 0 bridgehead atoms. The zero-order valence-electron chi connectivity index (χ0n) is 7.28. The Morgan fingerprint density at radius 1 is 1.62 bits per heavy atom. The molecule has 0 unspecified atom stereocenters. The van der Waals surface area contributed by atoms with Crippen molar-refractivity contribution in [3.63, 3.8) is 0 Å². The van der Waals surface area contributed by atoms with Gasteiger partial charge < -0.3 is 11.5 Å². The fourth-order valence-corrected chi connectivity index (χ4v) is 1.51. The predicted octanol–water partition coefficient (Wildman–Crippen LogP) is 0.875. The van der Waals surface area contributed by atoms with Gasteiger partial charge in [0.15, 0.2) is 0 Å². The van der Waals surface area contributed by atoms with Crippen LogP contribution in [0, 0.1) is 0 Å². The van der Waals surface area contributed by atoms with Crippen molar-refractivity contribution in [3.8, 4) is 0 Å². The lowest BCUT2D eigenvalue weighted by Crippen LogP contribution is -2.13. The highest BCUT2D eigenvalue weighted by Gasteiger charge is 2.06. The van der Waals surface area contributed by atoms with Crippen LogP contribution in [0.1, 0.15) is 17.4 Å². The molecule has 13 heavy (non-hydrogen) atoms. The summed E-state index contributed by atoms with van der Waals surface area (Å²) in [5.74, 6) is 0.331. The van der Waals surface area contributed by atoms with Crippen molar-refractivity contribution >= 4 is 23.4 Å². The molecule has 0 fully saturated rings. The van der Waals surface area contributed by atoms with Gasteiger partial charge in [0.1, 0.15) is 10.7 Å². The van der Waals surface area contributed by atoms with E-state index in [0.29, 0.717) is 10.7 Å². The van der Waals surface area contributed by atoms with Crippen LogP contribution in [0.15, 0.2) is 17.2 Å². The molecule has 70 valence electrons. The number of amides is 1. The molecule has 1 rings (SSSR count). The summed E-state index contributed by atoms with van der Waals surface area (Å²) in [5, 5.41) is 0.666. The Morgan fingerprint density at radius 3 is 2.85 bits per heavy atom. The van der Waals surface area contributed by atoms with Crippen LogP contribution in [0.5, 0.6) is 0 Å². The van der Waals surface area contributed by atoms with Crippen LogP contribution in [-0.2, 0) is 0 Å². The molecule has 0 saturated carbocycles. The van der Waals surface area contributed by atoms with E-state index in [0.717, 1.165) is 5.75 Å². The van der Waals surface area contributed by atoms with E-state index in [2.05, 4.69) is 4.98 Å². The minimum Gasteiger partial charge on any atom is -0.397 e. The summed E-state index contributed by atoms with van der Waals surface area (Å²) in [4.78, 5) is 14.8. The number of hydrogen-bond acceptors (Lipinski definition) is 4. The summed E-state index contributed by atoms with van der Waals surface area (Å²) in [5.41, 5.74) is 11.6. The number of carbonyl (C=O) groups excluding carboxylic acids is 1. The number of rotatable bonds is 3. The number of hydrogen-bond donors (Lipinski definition) is 2. The van der Waals surface area contributed by atoms with Crippen molar-refractivity contribution in [2.24, 2.45) is 5.73 Å². The zero-order chi connectivity index (χ0) is 9.84. The molecular weight excluding hydrogens is 186 g/mol. The Kier molecular flexibility index (Phi) is 3.13. The molecule has 0 radical (unpaired) electrons. The Hall–Kier alpha value is -1.23. The maximum atomic E-state index is 10.8. The second-order valence-corrected chi connectivity index (χ2v) is 3.64. The van der Waals surface area contributed by atoms with Gasteiger partial charge in [0.25, 0.3) is 5.91 Å². The number of carbonyl (C=O) groups is 1. The maximum Gasteiger partial charge on any atom is 0.267 e. The molecule has 1 amide bonds. The first kappa shape index (κ1) is 9.85. The molecule has 0 spiro atoms. The highest BCUT2D eigenvalue weighted by molar-refractivity contribution is 7.99. The van der Waals surface area contributed by atoms with Crippen LogP contribution >= 0.6 is 11.8 Å². The average molecular weight is 197 g/mol. The van der Waals surface area contributed by atoms with E-state index in [9.17, 15) is 4.79 Å². The smallest absolute Gasteiger partial charge is 0.267 e. The number of nitrogens with zero attached hydrogens (tertiary/aromatic N) is 1. The molecular formula is C8H11N3OS. The summed E-state index contributed by atoms with van der Waals surface area (Å²) in [6.07, 6.45) is 0. The summed E-state index contributed by atoms with van der Waals surface area (Å²) in [6.45, 7) is 1.99. The molecule has 0 aromatic carbocycles. The van der Waals surface area contributed by atoms with Crippen LogP contribution < -0.4 is 11.5 Å². The van der Waals surface area contributed by atoms with Gasteiger partial charge in [0.05, 0.1) is 5.69 Å². The standard InChI is InChI=1S/C8H11N3OS/c1-2-13-8-5(9)3-4-6(11-8)7(10)12/h3-4H,2,9H2,1H3,(H2,10,12). The topological polar surface area (TPSA) is 82.0 Å². The first-order valence-corrected chi connectivity index (χ1v) is 4.82. The van der Waals surface area contributed by atoms with E-state index < -0.39 is 5.91 Å². The van der Waals surface area contributed by atoms with Crippen LogP contribution in [0.4, 0.5) is 5.69 Å². The van der Waals surface area contributed by atoms with E-state index >= 15 is 0 Å². The lowest BCUT2D eigenvalue weighted by atomic mass is 10.3. The average Bonchev–Trinajstić information content (AvgIpc) is 2.08. The highest BCUT2D eigenvalue weighted by atomic mass is 32.2. The van der Waals surface area contributed by atoms with E-state index in [1.165, 1.54) is 17.8 Å². The van der Waals surface area contributed by atoms with Crippen molar-refractivity contribution < 1.29 is 4.79 Å². The minimum absolute atomic E-state index is 0.255. The van der Waals surface area contributed by atoms with Crippen LogP contribution in [-0.4, -0.2) is 16.6 Å². The quantitative estimate of drug-likeness (QED) is 0.704. The fourth-order valence-electron chi connectivity index (χ4n) is 0.841. The summed E-state index contributed by atoms with van der Waals surface area (Å²) >= 11 is 1.49. The second-order valence-electron chi connectivity index (χ2n) is 2.39. The monoisotopic (exact) mass is 197 g/mol. The number of nitrogen functional groups attached to an aromatic ring is 1.